The van der Waals surface area contributed by atoms with Crippen molar-refractivity contribution in [1.29, 1.82) is 0 Å². The second-order valence-electron chi connectivity index (χ2n) is 10.7. The van der Waals surface area contributed by atoms with E-state index in [1.807, 2.05) is 44.2 Å². The van der Waals surface area contributed by atoms with Gasteiger partial charge >= 0.3 is 6.18 Å². The molecule has 2 aliphatic heterocycles. The molecule has 1 amide bonds. The molecule has 3 N–H and O–H groups in total. The topological polar surface area (TPSA) is 78.9 Å². The van der Waals surface area contributed by atoms with E-state index in [1.54, 1.807) is 0 Å². The van der Waals surface area contributed by atoms with E-state index in [0.717, 1.165) is 54.5 Å². The zero-order chi connectivity index (χ0) is 27.1. The maximum atomic E-state index is 13.8. The zero-order valence-electron chi connectivity index (χ0n) is 21.8. The van der Waals surface area contributed by atoms with Gasteiger partial charge in [0.25, 0.3) is 0 Å². The van der Waals surface area contributed by atoms with Crippen molar-refractivity contribution in [3.63, 3.8) is 0 Å². The minimum Gasteiger partial charge on any atom is -0.325 e. The largest absolute Gasteiger partial charge is 0.419 e. The van der Waals surface area contributed by atoms with E-state index in [-0.39, 0.29) is 24.0 Å². The van der Waals surface area contributed by atoms with Gasteiger partial charge in [-0.15, -0.1) is 0 Å². The molecule has 2 aromatic carbocycles. The van der Waals surface area contributed by atoms with Crippen molar-refractivity contribution in [2.75, 3.05) is 23.7 Å². The summed E-state index contributed by atoms with van der Waals surface area (Å²) in [5, 5.41) is 9.35. The summed E-state index contributed by atoms with van der Waals surface area (Å²) in [6.07, 6.45) is -1.18. The van der Waals surface area contributed by atoms with Crippen molar-refractivity contribution < 1.29 is 18.0 Å². The third-order valence-electron chi connectivity index (χ3n) is 7.70. The number of halogens is 3. The Balaban J connectivity index is 1.39. The van der Waals surface area contributed by atoms with Crippen molar-refractivity contribution in [2.24, 2.45) is 0 Å². The molecule has 5 rings (SSSR count). The molecule has 0 radical (unpaired) electrons. The molecule has 0 spiro atoms. The molecular formula is C29H32F3N5O. The molecule has 9 heteroatoms. The van der Waals surface area contributed by atoms with E-state index in [1.165, 1.54) is 5.56 Å². The zero-order valence-corrected chi connectivity index (χ0v) is 21.8. The van der Waals surface area contributed by atoms with Crippen molar-refractivity contribution in [3.8, 4) is 0 Å². The lowest BCUT2D eigenvalue weighted by molar-refractivity contribution is -0.138. The van der Waals surface area contributed by atoms with E-state index in [4.69, 9.17) is 0 Å². The van der Waals surface area contributed by atoms with E-state index >= 15 is 0 Å². The molecule has 3 aromatic rings. The Kier molecular flexibility index (Phi) is 6.90. The Morgan fingerprint density at radius 1 is 1.11 bits per heavy atom. The Morgan fingerprint density at radius 3 is 2.58 bits per heavy atom. The van der Waals surface area contributed by atoms with Crippen molar-refractivity contribution in [2.45, 2.75) is 64.0 Å². The van der Waals surface area contributed by atoms with Gasteiger partial charge in [0.15, 0.2) is 0 Å². The molecule has 0 aliphatic carbocycles. The van der Waals surface area contributed by atoms with Gasteiger partial charge < -0.3 is 16.0 Å². The monoisotopic (exact) mass is 523 g/mol. The standard InChI is InChI=1S/C29H32F3N5O/c1-17-15-20(8-9-21(17)18-11-13-33-14-12-18)35-27-34-16-22(29(30,31)32)23(37-27)10-7-19-5-4-6-24-25(19)28(2,3)26(38)36-24/h4-6,8-9,15-16,18,33H,7,10-14H2,1-3H3,(H,36,38)(H,34,35,37). The highest BCUT2D eigenvalue weighted by Crippen LogP contribution is 2.40. The number of carbonyl (C=O) groups is 1. The minimum absolute atomic E-state index is 0.0560. The molecule has 3 heterocycles. The number of aromatic nitrogens is 2. The van der Waals surface area contributed by atoms with Crippen LogP contribution in [0.4, 0.5) is 30.5 Å². The fourth-order valence-electron chi connectivity index (χ4n) is 5.67. The van der Waals surface area contributed by atoms with Crippen LogP contribution < -0.4 is 16.0 Å². The minimum atomic E-state index is -4.57. The quantitative estimate of drug-likeness (QED) is 0.368. The molecule has 6 nitrogen and oxygen atoms in total. The van der Waals surface area contributed by atoms with Gasteiger partial charge in [0.1, 0.15) is 0 Å². The van der Waals surface area contributed by atoms with Crippen molar-refractivity contribution in [1.82, 2.24) is 15.3 Å². The third-order valence-corrected chi connectivity index (χ3v) is 7.70. The van der Waals surface area contributed by atoms with Gasteiger partial charge in [-0.2, -0.15) is 13.2 Å². The van der Waals surface area contributed by atoms with Crippen LogP contribution in [0, 0.1) is 6.92 Å². The number of carbonyl (C=O) groups excluding carboxylic acids is 1. The third kappa shape index (κ3) is 5.12. The van der Waals surface area contributed by atoms with Gasteiger partial charge in [0.2, 0.25) is 11.9 Å². The Hall–Kier alpha value is -3.46. The first-order valence-electron chi connectivity index (χ1n) is 13.0. The van der Waals surface area contributed by atoms with Gasteiger partial charge in [-0.1, -0.05) is 18.2 Å². The summed E-state index contributed by atoms with van der Waals surface area (Å²) < 4.78 is 41.5. The lowest BCUT2D eigenvalue weighted by Crippen LogP contribution is -2.27. The normalized spacial score (nSPS) is 17.3. The first kappa shape index (κ1) is 26.2. The number of rotatable bonds is 6. The predicted molar refractivity (Wildman–Crippen MR) is 142 cm³/mol. The molecular weight excluding hydrogens is 491 g/mol. The van der Waals surface area contributed by atoms with Gasteiger partial charge in [-0.05, 0) is 106 Å². The summed E-state index contributed by atoms with van der Waals surface area (Å²) in [5.41, 5.74) is 3.86. The highest BCUT2D eigenvalue weighted by atomic mass is 19.4. The highest BCUT2D eigenvalue weighted by Gasteiger charge is 2.40. The summed E-state index contributed by atoms with van der Waals surface area (Å²) in [6, 6.07) is 11.5. The summed E-state index contributed by atoms with van der Waals surface area (Å²) in [7, 11) is 0. The SMILES string of the molecule is Cc1cc(Nc2ncc(C(F)(F)F)c(CCc3cccc4c3C(C)(C)C(=O)N4)n2)ccc1C1CCNCC1. The number of nitrogens with zero attached hydrogens (tertiary/aromatic N) is 2. The first-order chi connectivity index (χ1) is 18.0. The maximum absolute atomic E-state index is 13.8. The number of anilines is 3. The van der Waals surface area contributed by atoms with Crippen LogP contribution in [0.5, 0.6) is 0 Å². The van der Waals surface area contributed by atoms with Crippen LogP contribution >= 0.6 is 0 Å². The van der Waals surface area contributed by atoms with Gasteiger partial charge in [-0.25, -0.2) is 9.97 Å². The number of hydrogen-bond acceptors (Lipinski definition) is 5. The number of aryl methyl sites for hydroxylation is 3. The lowest BCUT2D eigenvalue weighted by atomic mass is 9.82. The Bertz CT molecular complexity index is 1360. The van der Waals surface area contributed by atoms with Gasteiger partial charge in [-0.3, -0.25) is 4.79 Å². The van der Waals surface area contributed by atoms with Crippen LogP contribution in [-0.4, -0.2) is 29.0 Å². The Morgan fingerprint density at radius 2 is 1.87 bits per heavy atom. The van der Waals surface area contributed by atoms with Crippen LogP contribution in [0.1, 0.15) is 66.1 Å². The molecule has 38 heavy (non-hydrogen) atoms. The molecule has 1 fully saturated rings. The molecule has 0 bridgehead atoms. The second kappa shape index (κ2) is 10.0. The van der Waals surface area contributed by atoms with E-state index in [9.17, 15) is 18.0 Å². The van der Waals surface area contributed by atoms with Crippen LogP contribution in [0.25, 0.3) is 0 Å². The average molecular weight is 524 g/mol. The smallest absolute Gasteiger partial charge is 0.325 e. The number of alkyl halides is 3. The molecule has 2 aliphatic rings. The number of fused-ring (bicyclic) bond motifs is 1. The number of amides is 1. The highest BCUT2D eigenvalue weighted by molar-refractivity contribution is 6.06. The van der Waals surface area contributed by atoms with E-state index in [0.29, 0.717) is 18.0 Å². The van der Waals surface area contributed by atoms with Crippen LogP contribution in [0.15, 0.2) is 42.6 Å². The van der Waals surface area contributed by atoms with Gasteiger partial charge in [0.05, 0.1) is 16.7 Å². The van der Waals surface area contributed by atoms with Crippen LogP contribution in [-0.2, 0) is 29.2 Å². The predicted octanol–water partition coefficient (Wildman–Crippen LogP) is 6.03. The fourth-order valence-corrected chi connectivity index (χ4v) is 5.67. The summed E-state index contributed by atoms with van der Waals surface area (Å²) in [6.45, 7) is 7.71. The number of piperidine rings is 1. The molecule has 1 saturated heterocycles. The van der Waals surface area contributed by atoms with E-state index < -0.39 is 17.2 Å². The maximum Gasteiger partial charge on any atom is 0.419 e. The lowest BCUT2D eigenvalue weighted by Gasteiger charge is -2.24. The van der Waals surface area contributed by atoms with Crippen molar-refractivity contribution in [3.05, 3.63) is 76.1 Å². The summed E-state index contributed by atoms with van der Waals surface area (Å²) in [5.74, 6) is 0.512. The molecule has 1 aromatic heterocycles. The molecule has 0 saturated carbocycles. The van der Waals surface area contributed by atoms with Crippen LogP contribution in [0.2, 0.25) is 0 Å². The summed E-state index contributed by atoms with van der Waals surface area (Å²) >= 11 is 0. The number of nitrogens with one attached hydrogen (secondary N) is 3. The number of hydrogen-bond donors (Lipinski definition) is 3. The Labute approximate surface area is 220 Å². The van der Waals surface area contributed by atoms with Crippen molar-refractivity contribution >= 4 is 23.2 Å². The average Bonchev–Trinajstić information content (AvgIpc) is 3.11. The first-order valence-corrected chi connectivity index (χ1v) is 13.0. The number of benzene rings is 2. The van der Waals surface area contributed by atoms with Gasteiger partial charge in [0, 0.05) is 17.6 Å². The fraction of sp³-hybridized carbons (Fsp3) is 0.414. The second-order valence-corrected chi connectivity index (χ2v) is 10.7. The molecule has 0 unspecified atom stereocenters. The molecule has 0 atom stereocenters. The van der Waals surface area contributed by atoms with E-state index in [2.05, 4.69) is 38.9 Å². The van der Waals surface area contributed by atoms with Crippen LogP contribution in [0.3, 0.4) is 0 Å². The summed E-state index contributed by atoms with van der Waals surface area (Å²) in [4.78, 5) is 20.7. The molecule has 200 valence electrons.